The van der Waals surface area contributed by atoms with Crippen molar-refractivity contribution in [3.05, 3.63) is 101 Å². The maximum absolute atomic E-state index is 14.0. The second-order valence-corrected chi connectivity index (χ2v) is 8.12. The lowest BCUT2D eigenvalue weighted by Gasteiger charge is -2.25. The number of aliphatic hydroxyl groups is 1. The molecule has 1 unspecified atom stereocenters. The Morgan fingerprint density at radius 1 is 0.969 bits per heavy atom. The summed E-state index contributed by atoms with van der Waals surface area (Å²) in [6, 6.07) is 13.7. The summed E-state index contributed by atoms with van der Waals surface area (Å²) in [4.78, 5) is 31.5. The number of rotatable bonds is 3. The number of aryl methyl sites for hydroxylation is 2. The highest BCUT2D eigenvalue weighted by Gasteiger charge is 2.47. The molecule has 1 amide bonds. The fourth-order valence-corrected chi connectivity index (χ4v) is 4.62. The molecule has 2 aliphatic rings. The Morgan fingerprint density at radius 3 is 2.47 bits per heavy atom. The molecule has 2 heterocycles. The lowest BCUT2D eigenvalue weighted by molar-refractivity contribution is -0.132. The minimum absolute atomic E-state index is 0.0128. The van der Waals surface area contributed by atoms with Gasteiger partial charge in [-0.2, -0.15) is 0 Å². The SMILES string of the molecule is O=C1C(=O)N(c2cccc(F)c2)C(c2ccncc2)/C1=C(/O)c1ccc2c(c1)CCCC2. The zero-order valence-corrected chi connectivity index (χ0v) is 17.3. The van der Waals surface area contributed by atoms with Crippen LogP contribution in [-0.2, 0) is 22.4 Å². The number of nitrogens with zero attached hydrogens (tertiary/aromatic N) is 2. The topological polar surface area (TPSA) is 70.5 Å². The molecule has 0 radical (unpaired) electrons. The van der Waals surface area contributed by atoms with Gasteiger partial charge in [0.15, 0.2) is 0 Å². The van der Waals surface area contributed by atoms with Crippen LogP contribution in [0.3, 0.4) is 0 Å². The van der Waals surface area contributed by atoms with Gasteiger partial charge in [-0.1, -0.05) is 18.2 Å². The van der Waals surface area contributed by atoms with E-state index >= 15 is 0 Å². The van der Waals surface area contributed by atoms with Crippen molar-refractivity contribution in [3.8, 4) is 0 Å². The van der Waals surface area contributed by atoms with Crippen LogP contribution in [0.15, 0.2) is 72.6 Å². The van der Waals surface area contributed by atoms with Crippen LogP contribution in [0.1, 0.15) is 41.1 Å². The Balaban J connectivity index is 1.69. The summed E-state index contributed by atoms with van der Waals surface area (Å²) < 4.78 is 14.0. The van der Waals surface area contributed by atoms with Crippen LogP contribution in [0.4, 0.5) is 10.1 Å². The van der Waals surface area contributed by atoms with Gasteiger partial charge in [-0.3, -0.25) is 19.5 Å². The maximum Gasteiger partial charge on any atom is 0.300 e. The summed E-state index contributed by atoms with van der Waals surface area (Å²) >= 11 is 0. The molecule has 0 bridgehead atoms. The smallest absolute Gasteiger partial charge is 0.300 e. The van der Waals surface area contributed by atoms with Gasteiger partial charge in [0.05, 0.1) is 11.6 Å². The highest BCUT2D eigenvalue weighted by Crippen LogP contribution is 2.42. The van der Waals surface area contributed by atoms with Crippen LogP contribution in [0.25, 0.3) is 5.76 Å². The van der Waals surface area contributed by atoms with Gasteiger partial charge in [-0.25, -0.2) is 4.39 Å². The Hall–Kier alpha value is -3.80. The normalized spacial score (nSPS) is 19.8. The van der Waals surface area contributed by atoms with E-state index in [1.165, 1.54) is 28.7 Å². The third-order valence-electron chi connectivity index (χ3n) is 6.17. The number of hydrogen-bond donors (Lipinski definition) is 1. The van der Waals surface area contributed by atoms with Crippen LogP contribution < -0.4 is 4.90 Å². The summed E-state index contributed by atoms with van der Waals surface area (Å²) in [5.74, 6) is -2.35. The molecule has 5 nitrogen and oxygen atoms in total. The average molecular weight is 428 g/mol. The van der Waals surface area contributed by atoms with Crippen molar-refractivity contribution in [2.45, 2.75) is 31.7 Å². The van der Waals surface area contributed by atoms with Crippen LogP contribution >= 0.6 is 0 Å². The number of pyridine rings is 1. The average Bonchev–Trinajstić information content (AvgIpc) is 3.09. The van der Waals surface area contributed by atoms with Gasteiger partial charge in [-0.05, 0) is 78.8 Å². The molecular weight excluding hydrogens is 407 g/mol. The van der Waals surface area contributed by atoms with Crippen LogP contribution in [0.5, 0.6) is 0 Å². The Kier molecular flexibility index (Phi) is 5.05. The number of fused-ring (bicyclic) bond motifs is 1. The molecule has 1 N–H and O–H groups in total. The molecule has 160 valence electrons. The van der Waals surface area contributed by atoms with Gasteiger partial charge >= 0.3 is 0 Å². The molecule has 0 spiro atoms. The first-order chi connectivity index (χ1) is 15.5. The molecule has 1 fully saturated rings. The van der Waals surface area contributed by atoms with Gasteiger partial charge in [-0.15, -0.1) is 0 Å². The van der Waals surface area contributed by atoms with Crippen molar-refractivity contribution < 1.29 is 19.1 Å². The predicted molar refractivity (Wildman–Crippen MR) is 119 cm³/mol. The summed E-state index contributed by atoms with van der Waals surface area (Å²) in [6.07, 6.45) is 7.25. The summed E-state index contributed by atoms with van der Waals surface area (Å²) in [5, 5.41) is 11.3. The summed E-state index contributed by atoms with van der Waals surface area (Å²) in [5.41, 5.74) is 3.74. The standard InChI is InChI=1S/C26H21FN2O3/c27-20-6-3-7-21(15-20)29-23(17-10-12-28-13-11-17)22(25(31)26(29)32)24(30)19-9-8-16-4-1-2-5-18(16)14-19/h3,6-15,23,30H,1-2,4-5H2/b24-22-. The first kappa shape index (κ1) is 20.1. The lowest BCUT2D eigenvalue weighted by atomic mass is 9.89. The van der Waals surface area contributed by atoms with Gasteiger partial charge in [0, 0.05) is 23.6 Å². The first-order valence-corrected chi connectivity index (χ1v) is 10.6. The Bertz CT molecular complexity index is 1250. The molecule has 3 aromatic rings. The number of hydrogen-bond acceptors (Lipinski definition) is 4. The van der Waals surface area contributed by atoms with Crippen LogP contribution in [0.2, 0.25) is 0 Å². The number of anilines is 1. The molecule has 2 aromatic carbocycles. The second-order valence-electron chi connectivity index (χ2n) is 8.12. The number of carbonyl (C=O) groups excluding carboxylic acids is 2. The highest BCUT2D eigenvalue weighted by molar-refractivity contribution is 6.51. The number of benzene rings is 2. The van der Waals surface area contributed by atoms with E-state index in [-0.39, 0.29) is 17.0 Å². The van der Waals surface area contributed by atoms with E-state index < -0.39 is 23.5 Å². The van der Waals surface area contributed by atoms with Crippen LogP contribution in [-0.4, -0.2) is 21.8 Å². The van der Waals surface area contributed by atoms with E-state index in [4.69, 9.17) is 0 Å². The van der Waals surface area contributed by atoms with Crippen molar-refractivity contribution in [1.29, 1.82) is 0 Å². The number of ketones is 1. The third-order valence-corrected chi connectivity index (χ3v) is 6.17. The fourth-order valence-electron chi connectivity index (χ4n) is 4.62. The molecule has 1 saturated heterocycles. The minimum atomic E-state index is -0.893. The predicted octanol–water partition coefficient (Wildman–Crippen LogP) is 4.73. The second kappa shape index (κ2) is 8.04. The number of halogens is 1. The van der Waals surface area contributed by atoms with Gasteiger partial charge in [0.1, 0.15) is 11.6 Å². The number of Topliss-reactive ketones (excluding diaryl/α,β-unsaturated/α-hetero) is 1. The van der Waals surface area contributed by atoms with E-state index in [2.05, 4.69) is 4.98 Å². The van der Waals surface area contributed by atoms with Crippen molar-refractivity contribution in [3.63, 3.8) is 0 Å². The lowest BCUT2D eigenvalue weighted by Crippen LogP contribution is -2.29. The van der Waals surface area contributed by atoms with E-state index in [1.807, 2.05) is 12.1 Å². The van der Waals surface area contributed by atoms with Crippen LogP contribution in [0, 0.1) is 5.82 Å². The van der Waals surface area contributed by atoms with Crippen molar-refractivity contribution in [1.82, 2.24) is 4.98 Å². The molecule has 1 aliphatic carbocycles. The zero-order valence-electron chi connectivity index (χ0n) is 17.3. The molecule has 1 aliphatic heterocycles. The van der Waals surface area contributed by atoms with Crippen molar-refractivity contribution in [2.75, 3.05) is 4.90 Å². The number of carbonyl (C=O) groups is 2. The third kappa shape index (κ3) is 3.38. The fraction of sp³-hybridized carbons (Fsp3) is 0.192. The van der Waals surface area contributed by atoms with Gasteiger partial charge < -0.3 is 5.11 Å². The summed E-state index contributed by atoms with van der Waals surface area (Å²) in [7, 11) is 0. The van der Waals surface area contributed by atoms with E-state index in [9.17, 15) is 19.1 Å². The monoisotopic (exact) mass is 428 g/mol. The molecule has 0 saturated carbocycles. The van der Waals surface area contributed by atoms with Crippen molar-refractivity contribution >= 4 is 23.1 Å². The quantitative estimate of drug-likeness (QED) is 0.372. The molecule has 6 heteroatoms. The maximum atomic E-state index is 14.0. The minimum Gasteiger partial charge on any atom is -0.507 e. The Labute approximate surface area is 184 Å². The number of aromatic nitrogens is 1. The first-order valence-electron chi connectivity index (χ1n) is 10.6. The van der Waals surface area contributed by atoms with E-state index in [0.717, 1.165) is 31.2 Å². The number of aliphatic hydroxyl groups excluding tert-OH is 1. The zero-order chi connectivity index (χ0) is 22.2. The molecule has 1 aromatic heterocycles. The van der Waals surface area contributed by atoms with E-state index in [0.29, 0.717) is 11.1 Å². The Morgan fingerprint density at radius 2 is 1.72 bits per heavy atom. The molecule has 32 heavy (non-hydrogen) atoms. The van der Waals surface area contributed by atoms with Crippen molar-refractivity contribution in [2.24, 2.45) is 0 Å². The molecule has 1 atom stereocenters. The number of amides is 1. The molecule has 5 rings (SSSR count). The molecular formula is C26H21FN2O3. The summed E-state index contributed by atoms with van der Waals surface area (Å²) in [6.45, 7) is 0. The van der Waals surface area contributed by atoms with E-state index in [1.54, 1.807) is 36.7 Å². The largest absolute Gasteiger partial charge is 0.507 e. The highest BCUT2D eigenvalue weighted by atomic mass is 19.1. The van der Waals surface area contributed by atoms with Gasteiger partial charge in [0.2, 0.25) is 0 Å². The van der Waals surface area contributed by atoms with Gasteiger partial charge in [0.25, 0.3) is 11.7 Å².